The van der Waals surface area contributed by atoms with Gasteiger partial charge in [-0.2, -0.15) is 0 Å². The van der Waals surface area contributed by atoms with Crippen molar-refractivity contribution >= 4 is 0 Å². The molecule has 4 heteroatoms. The Bertz CT molecular complexity index is 540. The highest BCUT2D eigenvalue weighted by Gasteiger charge is 2.45. The number of nitrogens with one attached hydrogen (secondary N) is 1. The van der Waals surface area contributed by atoms with Gasteiger partial charge in [-0.25, -0.2) is 0 Å². The predicted molar refractivity (Wildman–Crippen MR) is 97.9 cm³/mol. The van der Waals surface area contributed by atoms with Crippen molar-refractivity contribution in [3.63, 3.8) is 0 Å². The van der Waals surface area contributed by atoms with E-state index >= 15 is 0 Å². The van der Waals surface area contributed by atoms with Crippen LogP contribution in [0.1, 0.15) is 51.0 Å². The number of nitrogens with zero attached hydrogens (tertiary/aromatic N) is 1. The minimum absolute atomic E-state index is 0.374. The molecule has 0 radical (unpaired) electrons. The Morgan fingerprint density at radius 1 is 1.17 bits per heavy atom. The van der Waals surface area contributed by atoms with E-state index in [1.54, 1.807) is 14.2 Å². The second-order valence-electron chi connectivity index (χ2n) is 7.28. The summed E-state index contributed by atoms with van der Waals surface area (Å²) in [6, 6.07) is 6.84. The summed E-state index contributed by atoms with van der Waals surface area (Å²) in [5.74, 6) is 1.72. The lowest BCUT2D eigenvalue weighted by molar-refractivity contribution is 0.0849. The van der Waals surface area contributed by atoms with Crippen molar-refractivity contribution in [1.82, 2.24) is 10.2 Å². The van der Waals surface area contributed by atoms with Gasteiger partial charge in [0.25, 0.3) is 0 Å². The van der Waals surface area contributed by atoms with E-state index in [0.717, 1.165) is 31.1 Å². The molecule has 1 aliphatic carbocycles. The van der Waals surface area contributed by atoms with E-state index in [4.69, 9.17) is 9.47 Å². The van der Waals surface area contributed by atoms with Crippen molar-refractivity contribution < 1.29 is 9.47 Å². The number of likely N-dealkylation sites (N-methyl/N-ethyl adjacent to an activating group) is 1. The zero-order valence-electron chi connectivity index (χ0n) is 15.4. The third-order valence-electron chi connectivity index (χ3n) is 5.86. The van der Waals surface area contributed by atoms with Gasteiger partial charge >= 0.3 is 0 Å². The number of hydrogen-bond donors (Lipinski definition) is 1. The van der Waals surface area contributed by atoms with Crippen molar-refractivity contribution in [3.8, 4) is 11.5 Å². The molecule has 1 spiro atoms. The molecule has 1 aromatic carbocycles. The monoisotopic (exact) mass is 332 g/mol. The predicted octanol–water partition coefficient (Wildman–Crippen LogP) is 3.59. The van der Waals surface area contributed by atoms with Crippen LogP contribution < -0.4 is 14.8 Å². The van der Waals surface area contributed by atoms with Crippen LogP contribution in [0.3, 0.4) is 0 Å². The maximum absolute atomic E-state index is 5.66. The maximum atomic E-state index is 5.66. The molecule has 0 unspecified atom stereocenters. The lowest BCUT2D eigenvalue weighted by Gasteiger charge is -2.41. The van der Waals surface area contributed by atoms with Crippen molar-refractivity contribution in [2.45, 2.75) is 63.6 Å². The van der Waals surface area contributed by atoms with Crippen LogP contribution in [0.25, 0.3) is 0 Å². The molecule has 2 aliphatic rings. The fourth-order valence-corrected chi connectivity index (χ4v) is 4.78. The van der Waals surface area contributed by atoms with Gasteiger partial charge in [-0.15, -0.1) is 0 Å². The number of para-hydroxylation sites is 1. The summed E-state index contributed by atoms with van der Waals surface area (Å²) in [6.07, 6.45) is 8.08. The largest absolute Gasteiger partial charge is 0.493 e. The van der Waals surface area contributed by atoms with E-state index in [0.29, 0.717) is 11.6 Å². The second kappa shape index (κ2) is 7.75. The van der Waals surface area contributed by atoms with E-state index in [1.807, 2.05) is 6.07 Å². The van der Waals surface area contributed by atoms with E-state index < -0.39 is 0 Å². The van der Waals surface area contributed by atoms with Crippen LogP contribution in [0.15, 0.2) is 18.2 Å². The SMILES string of the molecule is CCN[C@H]1CN(Cc2cccc(OC)c2OC)C2(CCCCC2)C1. The number of likely N-dealkylation sites (tertiary alicyclic amines) is 1. The summed E-state index contributed by atoms with van der Waals surface area (Å²) in [5.41, 5.74) is 1.61. The first-order chi connectivity index (χ1) is 11.7. The van der Waals surface area contributed by atoms with Gasteiger partial charge in [0.15, 0.2) is 11.5 Å². The highest BCUT2D eigenvalue weighted by molar-refractivity contribution is 5.46. The lowest BCUT2D eigenvalue weighted by Crippen LogP contribution is -2.44. The first-order valence-electron chi connectivity index (χ1n) is 9.40. The molecule has 134 valence electrons. The molecule has 1 atom stereocenters. The van der Waals surface area contributed by atoms with E-state index in [2.05, 4.69) is 29.3 Å². The van der Waals surface area contributed by atoms with Crippen LogP contribution in [0.5, 0.6) is 11.5 Å². The number of rotatable bonds is 6. The van der Waals surface area contributed by atoms with Gasteiger partial charge < -0.3 is 14.8 Å². The summed E-state index contributed by atoms with van der Waals surface area (Å²) in [5, 5.41) is 3.69. The third kappa shape index (κ3) is 3.40. The quantitative estimate of drug-likeness (QED) is 0.863. The van der Waals surface area contributed by atoms with E-state index in [1.165, 1.54) is 44.1 Å². The molecule has 4 nitrogen and oxygen atoms in total. The average molecular weight is 332 g/mol. The molecular weight excluding hydrogens is 300 g/mol. The van der Waals surface area contributed by atoms with Crippen LogP contribution in [0.2, 0.25) is 0 Å². The summed E-state index contributed by atoms with van der Waals surface area (Å²) in [6.45, 7) is 5.34. The highest BCUT2D eigenvalue weighted by Crippen LogP contribution is 2.43. The number of methoxy groups -OCH3 is 2. The topological polar surface area (TPSA) is 33.7 Å². The Morgan fingerprint density at radius 3 is 2.62 bits per heavy atom. The van der Waals surface area contributed by atoms with E-state index in [-0.39, 0.29) is 0 Å². The van der Waals surface area contributed by atoms with Gasteiger partial charge in [0.2, 0.25) is 0 Å². The molecule has 1 saturated carbocycles. The Labute approximate surface area is 146 Å². The van der Waals surface area contributed by atoms with Gasteiger partial charge in [-0.3, -0.25) is 4.90 Å². The molecule has 1 N–H and O–H groups in total. The van der Waals surface area contributed by atoms with Crippen LogP contribution in [0, 0.1) is 0 Å². The van der Waals surface area contributed by atoms with E-state index in [9.17, 15) is 0 Å². The first kappa shape index (κ1) is 17.6. The van der Waals surface area contributed by atoms with Crippen LogP contribution in [-0.4, -0.2) is 43.8 Å². The zero-order valence-corrected chi connectivity index (χ0v) is 15.4. The van der Waals surface area contributed by atoms with Gasteiger partial charge in [-0.05, 0) is 31.9 Å². The molecule has 2 fully saturated rings. The van der Waals surface area contributed by atoms with Crippen molar-refractivity contribution in [2.75, 3.05) is 27.3 Å². The molecule has 1 saturated heterocycles. The fourth-order valence-electron chi connectivity index (χ4n) is 4.78. The molecular formula is C20H32N2O2. The molecule has 0 bridgehead atoms. The normalized spacial score (nSPS) is 23.5. The number of hydrogen-bond acceptors (Lipinski definition) is 4. The highest BCUT2D eigenvalue weighted by atomic mass is 16.5. The van der Waals surface area contributed by atoms with Crippen molar-refractivity contribution in [2.24, 2.45) is 0 Å². The Morgan fingerprint density at radius 2 is 1.96 bits per heavy atom. The van der Waals surface area contributed by atoms with Crippen LogP contribution in [-0.2, 0) is 6.54 Å². The summed E-state index contributed by atoms with van der Waals surface area (Å²) >= 11 is 0. The van der Waals surface area contributed by atoms with Crippen LogP contribution >= 0.6 is 0 Å². The number of ether oxygens (including phenoxy) is 2. The minimum Gasteiger partial charge on any atom is -0.493 e. The lowest BCUT2D eigenvalue weighted by atomic mass is 9.79. The van der Waals surface area contributed by atoms with Gasteiger partial charge in [0, 0.05) is 30.2 Å². The van der Waals surface area contributed by atoms with Gasteiger partial charge in [0.1, 0.15) is 0 Å². The van der Waals surface area contributed by atoms with Gasteiger partial charge in [0.05, 0.1) is 14.2 Å². The molecule has 1 aliphatic heterocycles. The zero-order chi connectivity index (χ0) is 17.0. The fraction of sp³-hybridized carbons (Fsp3) is 0.700. The molecule has 1 heterocycles. The maximum Gasteiger partial charge on any atom is 0.165 e. The smallest absolute Gasteiger partial charge is 0.165 e. The second-order valence-corrected chi connectivity index (χ2v) is 7.28. The molecule has 0 amide bonds. The Kier molecular flexibility index (Phi) is 5.67. The Balaban J connectivity index is 1.84. The standard InChI is InChI=1S/C20H32N2O2/c1-4-21-17-13-20(11-6-5-7-12-20)22(15-17)14-16-9-8-10-18(23-2)19(16)24-3/h8-10,17,21H,4-7,11-15H2,1-3H3/t17-/m1/s1. The molecule has 1 aromatic rings. The molecule has 0 aromatic heterocycles. The van der Waals surface area contributed by atoms with Crippen LogP contribution in [0.4, 0.5) is 0 Å². The third-order valence-corrected chi connectivity index (χ3v) is 5.86. The summed E-state index contributed by atoms with van der Waals surface area (Å²) < 4.78 is 11.1. The number of benzene rings is 1. The molecule has 3 rings (SSSR count). The summed E-state index contributed by atoms with van der Waals surface area (Å²) in [4.78, 5) is 2.72. The van der Waals surface area contributed by atoms with Crippen molar-refractivity contribution in [1.29, 1.82) is 0 Å². The molecule has 24 heavy (non-hydrogen) atoms. The summed E-state index contributed by atoms with van der Waals surface area (Å²) in [7, 11) is 3.45. The average Bonchev–Trinajstić information content (AvgIpc) is 2.92. The first-order valence-corrected chi connectivity index (χ1v) is 9.40. The van der Waals surface area contributed by atoms with Gasteiger partial charge in [-0.1, -0.05) is 38.3 Å². The van der Waals surface area contributed by atoms with Crippen molar-refractivity contribution in [3.05, 3.63) is 23.8 Å². The minimum atomic E-state index is 0.374. The Hall–Kier alpha value is -1.26.